The normalized spacial score (nSPS) is 16.3. The van der Waals surface area contributed by atoms with Gasteiger partial charge in [-0.15, -0.1) is 0 Å². The Bertz CT molecular complexity index is 116. The second-order valence-corrected chi connectivity index (χ2v) is 2.38. The number of hydrogen-bond acceptors (Lipinski definition) is 3. The Kier molecular flexibility index (Phi) is 3.95. The molecule has 0 fully saturated rings. The monoisotopic (exact) mass is 147 g/mol. The van der Waals surface area contributed by atoms with Crippen molar-refractivity contribution in [3.05, 3.63) is 10.1 Å². The molecule has 0 bridgehead atoms. The van der Waals surface area contributed by atoms with Crippen LogP contribution in [-0.4, -0.2) is 22.2 Å². The van der Waals surface area contributed by atoms with Crippen molar-refractivity contribution in [3.63, 3.8) is 0 Å². The van der Waals surface area contributed by atoms with Gasteiger partial charge in [-0.05, 0) is 6.42 Å². The van der Waals surface area contributed by atoms with Gasteiger partial charge in [0.2, 0.25) is 6.04 Å². The first-order valence-corrected chi connectivity index (χ1v) is 3.41. The van der Waals surface area contributed by atoms with Crippen LogP contribution in [0.4, 0.5) is 0 Å². The van der Waals surface area contributed by atoms with Crippen molar-refractivity contribution in [2.24, 2.45) is 0 Å². The van der Waals surface area contributed by atoms with Crippen LogP contribution in [0.2, 0.25) is 0 Å². The van der Waals surface area contributed by atoms with Crippen LogP contribution in [0.5, 0.6) is 0 Å². The average molecular weight is 147 g/mol. The molecule has 1 N–H and O–H groups in total. The molecule has 0 saturated heterocycles. The lowest BCUT2D eigenvalue weighted by atomic mass is 10.1. The molecule has 2 unspecified atom stereocenters. The average Bonchev–Trinajstić information content (AvgIpc) is 1.87. The third-order valence-corrected chi connectivity index (χ3v) is 1.47. The summed E-state index contributed by atoms with van der Waals surface area (Å²) in [5.41, 5.74) is 0. The molecule has 0 saturated carbocycles. The molecule has 0 aliphatic carbocycles. The van der Waals surface area contributed by atoms with E-state index in [1.165, 1.54) is 6.92 Å². The van der Waals surface area contributed by atoms with E-state index in [1.807, 2.05) is 6.92 Å². The summed E-state index contributed by atoms with van der Waals surface area (Å²) < 4.78 is 0. The van der Waals surface area contributed by atoms with E-state index < -0.39 is 17.1 Å². The molecular formula is C6H13NO3. The summed E-state index contributed by atoms with van der Waals surface area (Å²) in [4.78, 5) is 9.60. The van der Waals surface area contributed by atoms with E-state index in [4.69, 9.17) is 5.11 Å². The number of aliphatic hydroxyl groups excluding tert-OH is 1. The van der Waals surface area contributed by atoms with Crippen LogP contribution < -0.4 is 0 Å². The zero-order chi connectivity index (χ0) is 8.15. The number of nitro groups is 1. The fraction of sp³-hybridized carbons (Fsp3) is 1.00. The molecule has 4 heteroatoms. The van der Waals surface area contributed by atoms with Gasteiger partial charge in [0.15, 0.2) is 0 Å². The SMILES string of the molecule is CCCC(O)C(C)[N+](=O)[O-]. The Morgan fingerprint density at radius 1 is 1.70 bits per heavy atom. The van der Waals surface area contributed by atoms with Gasteiger partial charge >= 0.3 is 0 Å². The van der Waals surface area contributed by atoms with E-state index in [2.05, 4.69) is 0 Å². The van der Waals surface area contributed by atoms with E-state index in [9.17, 15) is 10.1 Å². The summed E-state index contributed by atoms with van der Waals surface area (Å²) in [7, 11) is 0. The Morgan fingerprint density at radius 3 is 2.50 bits per heavy atom. The minimum atomic E-state index is -0.833. The van der Waals surface area contributed by atoms with Crippen LogP contribution in [-0.2, 0) is 0 Å². The zero-order valence-corrected chi connectivity index (χ0v) is 6.28. The molecule has 0 aromatic heterocycles. The minimum absolute atomic E-state index is 0.458. The molecule has 0 spiro atoms. The fourth-order valence-corrected chi connectivity index (χ4v) is 0.677. The third kappa shape index (κ3) is 2.77. The highest BCUT2D eigenvalue weighted by Crippen LogP contribution is 2.03. The lowest BCUT2D eigenvalue weighted by Gasteiger charge is -2.09. The van der Waals surface area contributed by atoms with Gasteiger partial charge in [0.25, 0.3) is 0 Å². The summed E-state index contributed by atoms with van der Waals surface area (Å²) in [6.45, 7) is 3.30. The van der Waals surface area contributed by atoms with Crippen molar-refractivity contribution in [3.8, 4) is 0 Å². The van der Waals surface area contributed by atoms with Gasteiger partial charge in [-0.25, -0.2) is 0 Å². The molecule has 0 aromatic carbocycles. The summed E-state index contributed by atoms with van der Waals surface area (Å²) >= 11 is 0. The predicted molar refractivity (Wildman–Crippen MR) is 37.4 cm³/mol. The maximum absolute atomic E-state index is 10.1. The molecule has 4 nitrogen and oxygen atoms in total. The van der Waals surface area contributed by atoms with Crippen LogP contribution in [0.1, 0.15) is 26.7 Å². The van der Waals surface area contributed by atoms with Crippen molar-refractivity contribution in [1.29, 1.82) is 0 Å². The van der Waals surface area contributed by atoms with Gasteiger partial charge in [-0.1, -0.05) is 13.3 Å². The molecular weight excluding hydrogens is 134 g/mol. The molecule has 0 amide bonds. The molecule has 60 valence electrons. The number of aliphatic hydroxyl groups is 1. The second kappa shape index (κ2) is 4.22. The highest BCUT2D eigenvalue weighted by molar-refractivity contribution is 4.61. The Hall–Kier alpha value is -0.640. The first-order valence-electron chi connectivity index (χ1n) is 3.41. The van der Waals surface area contributed by atoms with Crippen molar-refractivity contribution in [1.82, 2.24) is 0 Å². The van der Waals surface area contributed by atoms with E-state index in [0.717, 1.165) is 6.42 Å². The quantitative estimate of drug-likeness (QED) is 0.472. The van der Waals surface area contributed by atoms with Crippen LogP contribution in [0.15, 0.2) is 0 Å². The Balaban J connectivity index is 3.69. The standard InChI is InChI=1S/C6H13NO3/c1-3-4-6(8)5(2)7(9)10/h5-6,8H,3-4H2,1-2H3. The molecule has 10 heavy (non-hydrogen) atoms. The van der Waals surface area contributed by atoms with Gasteiger partial charge in [0, 0.05) is 11.8 Å². The number of nitrogens with zero attached hydrogens (tertiary/aromatic N) is 1. The van der Waals surface area contributed by atoms with E-state index in [1.54, 1.807) is 0 Å². The summed E-state index contributed by atoms with van der Waals surface area (Å²) in [6.07, 6.45) is 0.488. The second-order valence-electron chi connectivity index (χ2n) is 2.38. The van der Waals surface area contributed by atoms with Gasteiger partial charge < -0.3 is 5.11 Å². The molecule has 0 aromatic rings. The molecule has 0 heterocycles. The summed E-state index contributed by atoms with van der Waals surface area (Å²) in [5.74, 6) is 0. The third-order valence-electron chi connectivity index (χ3n) is 1.47. The Labute approximate surface area is 60.0 Å². The van der Waals surface area contributed by atoms with Crippen LogP contribution in [0, 0.1) is 10.1 Å². The lowest BCUT2D eigenvalue weighted by Crippen LogP contribution is -2.30. The zero-order valence-electron chi connectivity index (χ0n) is 6.28. The van der Waals surface area contributed by atoms with E-state index >= 15 is 0 Å². The molecule has 0 radical (unpaired) electrons. The number of hydrogen-bond donors (Lipinski definition) is 1. The molecule has 0 aliphatic heterocycles. The van der Waals surface area contributed by atoms with Crippen molar-refractivity contribution < 1.29 is 10.0 Å². The molecule has 2 atom stereocenters. The van der Waals surface area contributed by atoms with Crippen LogP contribution >= 0.6 is 0 Å². The highest BCUT2D eigenvalue weighted by Gasteiger charge is 2.22. The Morgan fingerprint density at radius 2 is 2.20 bits per heavy atom. The topological polar surface area (TPSA) is 63.4 Å². The lowest BCUT2D eigenvalue weighted by molar-refractivity contribution is -0.530. The molecule has 0 rings (SSSR count). The van der Waals surface area contributed by atoms with Gasteiger partial charge in [-0.3, -0.25) is 10.1 Å². The van der Waals surface area contributed by atoms with Crippen molar-refractivity contribution in [2.45, 2.75) is 38.8 Å². The van der Waals surface area contributed by atoms with Crippen molar-refractivity contribution >= 4 is 0 Å². The number of rotatable bonds is 4. The maximum atomic E-state index is 10.1. The fourth-order valence-electron chi connectivity index (χ4n) is 0.677. The van der Waals surface area contributed by atoms with Crippen LogP contribution in [0.25, 0.3) is 0 Å². The summed E-state index contributed by atoms with van der Waals surface area (Å²) in [6, 6.07) is -0.833. The van der Waals surface area contributed by atoms with E-state index in [0.29, 0.717) is 6.42 Å². The van der Waals surface area contributed by atoms with Crippen LogP contribution in [0.3, 0.4) is 0 Å². The smallest absolute Gasteiger partial charge is 0.235 e. The van der Waals surface area contributed by atoms with Crippen molar-refractivity contribution in [2.75, 3.05) is 0 Å². The highest BCUT2D eigenvalue weighted by atomic mass is 16.6. The largest absolute Gasteiger partial charge is 0.386 e. The maximum Gasteiger partial charge on any atom is 0.235 e. The van der Waals surface area contributed by atoms with E-state index in [-0.39, 0.29) is 0 Å². The minimum Gasteiger partial charge on any atom is -0.386 e. The summed E-state index contributed by atoms with van der Waals surface area (Å²) in [5, 5.41) is 19.1. The first-order chi connectivity index (χ1) is 4.59. The van der Waals surface area contributed by atoms with Gasteiger partial charge in [0.1, 0.15) is 6.10 Å². The first kappa shape index (κ1) is 9.36. The van der Waals surface area contributed by atoms with Gasteiger partial charge in [-0.2, -0.15) is 0 Å². The van der Waals surface area contributed by atoms with Gasteiger partial charge in [0.05, 0.1) is 0 Å². The predicted octanol–water partition coefficient (Wildman–Crippen LogP) is 0.813. The molecule has 0 aliphatic rings.